The van der Waals surface area contributed by atoms with Gasteiger partial charge in [-0.25, -0.2) is 19.2 Å². The van der Waals surface area contributed by atoms with Gasteiger partial charge in [0.05, 0.1) is 68.9 Å². The number of benzene rings is 4. The number of aliphatic hydroxyl groups excluding tert-OH is 16. The first kappa shape index (κ1) is 110. The van der Waals surface area contributed by atoms with Crippen molar-refractivity contribution in [2.45, 2.75) is 326 Å². The lowest BCUT2D eigenvalue weighted by Gasteiger charge is -2.48. The number of hydrogen-bond acceptors (Lipinski definition) is 41. The molecule has 2 aliphatic carbocycles. The molecule has 12 rings (SSSR count). The largest absolute Gasteiger partial charge is 0.445 e. The summed E-state index contributed by atoms with van der Waals surface area (Å²) in [7, 11) is 0. The SMILES string of the molecule is CC[C@@H]1O[C@H](O[C@H]2[C@@H](O)[C@H](O[C@@H]3[C@@H](O)[C@H](NC(=O)[C@@H](C)CCNC(=O)OCc4ccccc4)C[C@H](C)[C@H]3O[C@H]3O[C@H](CO)[C@@H](O)[C@H](O)[C@H]3NC(=O)OCc3ccccc3)O[C@@H]2CO)[C@H](NC(=O)OCc2ccccc2)[C@@H](O)[C@@H]1O.CC[C@@H]1O[C@H](O[C@H]2[C@@H](O)[C@H](O[C@@H]3[C@@H](O)[C@H](NC(=O)[C@@H](C)CCNC(=O)OCc4ccccc4)C[C@H](N)[C@H]3O[C@H]3O[C@H](CO)[C@@H](O)[C@H](O)[C@H]3N)O[C@@H]2CO)[C@H](N)[C@@H](O)[C@@H]1O. The summed E-state index contributed by atoms with van der Waals surface area (Å²) in [4.78, 5) is 78.2. The molecule has 6 aliphatic heterocycles. The van der Waals surface area contributed by atoms with Gasteiger partial charge < -0.3 is 207 Å². The Morgan fingerprint density at radius 1 is 0.341 bits per heavy atom. The molecule has 8 fully saturated rings. The summed E-state index contributed by atoms with van der Waals surface area (Å²) in [5.74, 6) is -3.16. The van der Waals surface area contributed by atoms with Crippen LogP contribution in [0.3, 0.4) is 0 Å². The summed E-state index contributed by atoms with van der Waals surface area (Å²) in [5.41, 5.74) is 21.7. The minimum Gasteiger partial charge on any atom is -0.445 e. The molecule has 2 saturated carbocycles. The van der Waals surface area contributed by atoms with Crippen molar-refractivity contribution in [3.05, 3.63) is 144 Å². The molecule has 0 aromatic heterocycles. The smallest absolute Gasteiger partial charge is 0.407 e. The maximum absolute atomic E-state index is 13.8. The Balaban J connectivity index is 0.000000276. The topological polar surface area (TPSA) is 724 Å². The van der Waals surface area contributed by atoms with E-state index in [0.717, 1.165) is 11.1 Å². The van der Waals surface area contributed by atoms with E-state index in [-0.39, 0.29) is 78.0 Å². The van der Waals surface area contributed by atoms with E-state index < -0.39 is 307 Å². The van der Waals surface area contributed by atoms with Crippen molar-refractivity contribution in [3.8, 4) is 0 Å². The molecule has 138 heavy (non-hydrogen) atoms. The number of carbonyl (C=O) groups excluding carboxylic acids is 6. The summed E-state index contributed by atoms with van der Waals surface area (Å²) >= 11 is 0. The number of nitrogens with two attached hydrogens (primary N) is 3. The van der Waals surface area contributed by atoms with Crippen molar-refractivity contribution >= 4 is 36.2 Å². The molecule has 0 unspecified atom stereocenters. The molecule has 47 heteroatoms. The molecular formula is C91H135N9O38. The van der Waals surface area contributed by atoms with Crippen LogP contribution in [0.15, 0.2) is 121 Å². The molecule has 28 N–H and O–H groups in total. The third-order valence-corrected chi connectivity index (χ3v) is 25.7. The minimum absolute atomic E-state index is 0.000202. The Kier molecular flexibility index (Phi) is 41.9. The highest BCUT2D eigenvalue weighted by atomic mass is 16.8. The van der Waals surface area contributed by atoms with E-state index in [4.69, 9.17) is 93.0 Å². The van der Waals surface area contributed by atoms with Gasteiger partial charge in [-0.05, 0) is 66.7 Å². The van der Waals surface area contributed by atoms with E-state index in [9.17, 15) is 110 Å². The van der Waals surface area contributed by atoms with E-state index in [0.29, 0.717) is 11.1 Å². The zero-order valence-electron chi connectivity index (χ0n) is 76.8. The highest BCUT2D eigenvalue weighted by molar-refractivity contribution is 5.79. The first-order valence-corrected chi connectivity index (χ1v) is 46.3. The molecule has 0 bridgehead atoms. The van der Waals surface area contributed by atoms with Crippen LogP contribution in [0.25, 0.3) is 0 Å². The predicted molar refractivity (Wildman–Crippen MR) is 472 cm³/mol. The average Bonchev–Trinajstić information content (AvgIpc) is 1.59. The second-order valence-corrected chi connectivity index (χ2v) is 35.6. The highest BCUT2D eigenvalue weighted by Gasteiger charge is 2.59. The van der Waals surface area contributed by atoms with Gasteiger partial charge in [0.25, 0.3) is 0 Å². The van der Waals surface area contributed by atoms with Crippen LogP contribution < -0.4 is 49.1 Å². The van der Waals surface area contributed by atoms with Gasteiger partial charge >= 0.3 is 24.4 Å². The van der Waals surface area contributed by atoms with E-state index in [2.05, 4.69) is 31.9 Å². The van der Waals surface area contributed by atoms with Gasteiger partial charge in [-0.15, -0.1) is 0 Å². The van der Waals surface area contributed by atoms with Crippen molar-refractivity contribution in [1.82, 2.24) is 31.9 Å². The van der Waals surface area contributed by atoms with E-state index in [1.54, 1.807) is 120 Å². The Labute approximate surface area is 795 Å². The van der Waals surface area contributed by atoms with Gasteiger partial charge in [0.2, 0.25) is 11.8 Å². The molecule has 40 atom stereocenters. The summed E-state index contributed by atoms with van der Waals surface area (Å²) in [6.45, 7) is 5.18. The van der Waals surface area contributed by atoms with Gasteiger partial charge in [-0.1, -0.05) is 156 Å². The third-order valence-electron chi connectivity index (χ3n) is 25.7. The van der Waals surface area contributed by atoms with Gasteiger partial charge in [0.15, 0.2) is 37.7 Å². The quantitative estimate of drug-likeness (QED) is 0.0186. The highest BCUT2D eigenvalue weighted by Crippen LogP contribution is 2.41. The lowest BCUT2D eigenvalue weighted by atomic mass is 9.79. The fraction of sp³-hybridized carbons (Fsp3) is 0.670. The van der Waals surface area contributed by atoms with Crippen LogP contribution in [0.2, 0.25) is 0 Å². The normalized spacial score (nSPS) is 37.3. The molecule has 772 valence electrons. The van der Waals surface area contributed by atoms with Crippen molar-refractivity contribution in [1.29, 1.82) is 0 Å². The van der Waals surface area contributed by atoms with Crippen molar-refractivity contribution in [2.75, 3.05) is 39.5 Å². The molecule has 6 saturated heterocycles. The Hall–Kier alpha value is -8.34. The number of aliphatic hydroxyl groups is 16. The maximum Gasteiger partial charge on any atom is 0.407 e. The Morgan fingerprint density at radius 2 is 0.638 bits per heavy atom. The van der Waals surface area contributed by atoms with Crippen molar-refractivity contribution in [2.24, 2.45) is 35.0 Å². The number of carbonyl (C=O) groups is 6. The number of rotatable bonds is 38. The number of ether oxygens (including phenoxy) is 16. The first-order chi connectivity index (χ1) is 66.1. The predicted octanol–water partition coefficient (Wildman–Crippen LogP) is -5.36. The molecule has 8 aliphatic rings. The van der Waals surface area contributed by atoms with Crippen LogP contribution in [-0.2, 0) is 112 Å². The zero-order chi connectivity index (χ0) is 99.9. The number of nitrogens with one attached hydrogen (secondary N) is 6. The van der Waals surface area contributed by atoms with Crippen molar-refractivity contribution < 1.29 is 186 Å². The van der Waals surface area contributed by atoms with Gasteiger partial charge in [0, 0.05) is 31.0 Å². The zero-order valence-corrected chi connectivity index (χ0v) is 76.8. The monoisotopic (exact) mass is 1960 g/mol. The number of hydrogen-bond donors (Lipinski definition) is 25. The van der Waals surface area contributed by atoms with Crippen LogP contribution in [0.5, 0.6) is 0 Å². The van der Waals surface area contributed by atoms with Gasteiger partial charge in [0.1, 0.15) is 167 Å². The molecular weight excluding hydrogens is 1830 g/mol. The van der Waals surface area contributed by atoms with Crippen LogP contribution in [0, 0.1) is 17.8 Å². The van der Waals surface area contributed by atoms with Crippen LogP contribution >= 0.6 is 0 Å². The Morgan fingerprint density at radius 3 is 1.02 bits per heavy atom. The molecule has 0 spiro atoms. The number of amides is 6. The minimum atomic E-state index is -1.85. The van der Waals surface area contributed by atoms with E-state index in [1.807, 2.05) is 36.4 Å². The second kappa shape index (κ2) is 52.6. The molecule has 6 amide bonds. The van der Waals surface area contributed by atoms with Gasteiger partial charge in [-0.3, -0.25) is 9.59 Å². The summed E-state index contributed by atoms with van der Waals surface area (Å²) in [6, 6.07) is 26.6. The number of alkyl carbamates (subject to hydrolysis) is 4. The fourth-order valence-electron chi connectivity index (χ4n) is 17.4. The van der Waals surface area contributed by atoms with Crippen LogP contribution in [-0.4, -0.2) is 384 Å². The molecule has 0 radical (unpaired) electrons. The van der Waals surface area contributed by atoms with Crippen molar-refractivity contribution in [3.63, 3.8) is 0 Å². The molecule has 4 aromatic carbocycles. The summed E-state index contributed by atoms with van der Waals surface area (Å²) < 4.78 is 93.8. The second-order valence-electron chi connectivity index (χ2n) is 35.6. The maximum atomic E-state index is 13.8. The molecule has 4 aromatic rings. The summed E-state index contributed by atoms with van der Waals surface area (Å²) in [5, 5.41) is 191. The fourth-order valence-corrected chi connectivity index (χ4v) is 17.4. The van der Waals surface area contributed by atoms with Crippen LogP contribution in [0.1, 0.15) is 95.4 Å². The van der Waals surface area contributed by atoms with Crippen LogP contribution in [0.4, 0.5) is 19.2 Å². The van der Waals surface area contributed by atoms with Gasteiger partial charge in [-0.2, -0.15) is 0 Å². The molecule has 6 heterocycles. The standard InChI is InChI=1S/C54H74N4O21.C37H61N5O17/c1-4-34-40(62)42(64)37(57-53(69)72-26-31-16-10-6-11-17-31)49(74-34)78-46-36(24-60)76-51(44(46)66)79-47-39(61)33(56-48(67)28(2)20-21-55-52(68)71-25-30-14-8-5-9-15-30)22-29(3)45(47)77-50-38(43(65)41(63)35(23-59)75-50)58-54(70)73-27-32-18-12-7-13-19-32;1-3-19-25(46)27(48)22(39)34(54-19)58-31-21(13-44)56-36(29(31)50)59-32-24(45)18(11-17(38)30(32)57-35-23(40)28(49)26(47)20(12-43)55-35)42-33(51)15(2)9-10-41-37(52)53-14-16-7-5-4-6-8-16/h5-19,28-29,33-47,49-51,59-66H,4,20-27H2,1-3H3,(H,55,68)(H,56,67)(H,57,69)(H,58,70);4-8,15,17-32,34-36,43-50H,3,9-14,38-40H2,1-2H3,(H,41,52)(H,42,51)/t28-,29-,33+,34-,35+,36+,37+,38+,39-,40+,41+,42+,43+,44+,45+,46+,47+,49+,50+,51-;15-,17-,18+,19-,20+,21+,22+,23+,24-,25+,26+,27+,28+,29+,30+,31+,32+,34+,35+,36-/m00/s1. The van der Waals surface area contributed by atoms with E-state index >= 15 is 0 Å². The van der Waals surface area contributed by atoms with E-state index in [1.165, 1.54) is 0 Å². The lowest BCUT2D eigenvalue weighted by molar-refractivity contribution is -0.318. The summed E-state index contributed by atoms with van der Waals surface area (Å²) in [6.07, 6.45) is -48.0. The lowest BCUT2D eigenvalue weighted by Crippen LogP contribution is -2.68. The first-order valence-electron chi connectivity index (χ1n) is 46.3. The third kappa shape index (κ3) is 28.6. The average molecular weight is 1960 g/mol. The molecule has 47 nitrogen and oxygen atoms in total. The Bertz CT molecular complexity index is 4360.